The van der Waals surface area contributed by atoms with Crippen LogP contribution in [0.5, 0.6) is 0 Å². The van der Waals surface area contributed by atoms with Crippen LogP contribution in [0.1, 0.15) is 0 Å². The zero-order chi connectivity index (χ0) is 8.53. The zero-order valence-electron chi connectivity index (χ0n) is 5.69. The van der Waals surface area contributed by atoms with E-state index in [-0.39, 0.29) is 0 Å². The summed E-state index contributed by atoms with van der Waals surface area (Å²) in [7, 11) is 0. The minimum Gasteiger partial charge on any atom is -0.324 e. The molecular formula is C6H8N2O2S. The van der Waals surface area contributed by atoms with Gasteiger partial charge < -0.3 is 5.43 Å². The molecule has 0 aliphatic carbocycles. The van der Waals surface area contributed by atoms with E-state index in [0.717, 1.165) is 5.69 Å². The second-order valence-corrected chi connectivity index (χ2v) is 1.71. The lowest BCUT2D eigenvalue weighted by Gasteiger charge is -1.94. The van der Waals surface area contributed by atoms with Gasteiger partial charge in [0.2, 0.25) is 0 Å². The summed E-state index contributed by atoms with van der Waals surface area (Å²) in [6.07, 6.45) is 0. The Morgan fingerprint density at radius 3 is 1.91 bits per heavy atom. The molecule has 4 nitrogen and oxygen atoms in total. The summed E-state index contributed by atoms with van der Waals surface area (Å²) >= 11 is -0.750. The topological polar surface area (TPSA) is 72.2 Å². The maximum Gasteiger partial charge on any atom is 0.335 e. The number of nitrogen functional groups attached to an aromatic ring is 1. The van der Waals surface area contributed by atoms with Crippen molar-refractivity contribution in [2.45, 2.75) is 0 Å². The predicted octanol–water partition coefficient (Wildman–Crippen LogP) is 0.302. The van der Waals surface area contributed by atoms with Gasteiger partial charge in [0, 0.05) is 5.69 Å². The summed E-state index contributed by atoms with van der Waals surface area (Å²) in [5.74, 6) is 5.10. The number of benzene rings is 1. The maximum atomic E-state index is 8.29. The first-order chi connectivity index (χ1) is 5.35. The molecule has 0 aliphatic heterocycles. The third kappa shape index (κ3) is 5.25. The Hall–Kier alpha value is -1.20. The number of anilines is 1. The minimum absolute atomic E-state index is 0.750. The summed E-state index contributed by atoms with van der Waals surface area (Å²) in [5, 5.41) is 0. The molecule has 11 heavy (non-hydrogen) atoms. The van der Waals surface area contributed by atoms with E-state index >= 15 is 0 Å². The van der Waals surface area contributed by atoms with E-state index in [1.54, 1.807) is 0 Å². The molecule has 0 atom stereocenters. The van der Waals surface area contributed by atoms with Crippen LogP contribution >= 0.6 is 0 Å². The SMILES string of the molecule is NNc1ccccc1.O=S=O. The second-order valence-electron chi connectivity index (χ2n) is 1.58. The summed E-state index contributed by atoms with van der Waals surface area (Å²) < 4.78 is 16.6. The number of para-hydroxylation sites is 1. The Kier molecular flexibility index (Phi) is 6.16. The molecule has 1 rings (SSSR count). The lowest BCUT2D eigenvalue weighted by molar-refractivity contribution is 0.630. The van der Waals surface area contributed by atoms with Crippen molar-refractivity contribution in [3.63, 3.8) is 0 Å². The van der Waals surface area contributed by atoms with E-state index in [4.69, 9.17) is 14.3 Å². The van der Waals surface area contributed by atoms with Crippen LogP contribution in [-0.2, 0) is 11.6 Å². The van der Waals surface area contributed by atoms with Crippen molar-refractivity contribution < 1.29 is 8.42 Å². The number of hydrogen-bond donors (Lipinski definition) is 2. The van der Waals surface area contributed by atoms with Gasteiger partial charge in [-0.05, 0) is 12.1 Å². The quantitative estimate of drug-likeness (QED) is 0.472. The molecule has 0 aromatic heterocycles. The van der Waals surface area contributed by atoms with Gasteiger partial charge in [-0.1, -0.05) is 18.2 Å². The van der Waals surface area contributed by atoms with Gasteiger partial charge in [-0.3, -0.25) is 5.84 Å². The third-order valence-electron chi connectivity index (χ3n) is 0.940. The van der Waals surface area contributed by atoms with Crippen LogP contribution in [0.2, 0.25) is 0 Å². The molecule has 3 N–H and O–H groups in total. The molecule has 1 aromatic rings. The largest absolute Gasteiger partial charge is 0.335 e. The molecule has 60 valence electrons. The molecule has 0 aliphatic rings. The number of hydrogen-bond acceptors (Lipinski definition) is 4. The summed E-state index contributed by atoms with van der Waals surface area (Å²) in [4.78, 5) is 0. The van der Waals surface area contributed by atoms with Gasteiger partial charge in [0.1, 0.15) is 0 Å². The van der Waals surface area contributed by atoms with Gasteiger partial charge in [-0.2, -0.15) is 8.42 Å². The van der Waals surface area contributed by atoms with Crippen molar-refractivity contribution in [2.75, 3.05) is 5.43 Å². The van der Waals surface area contributed by atoms with E-state index in [1.807, 2.05) is 30.3 Å². The van der Waals surface area contributed by atoms with Crippen LogP contribution in [0.4, 0.5) is 5.69 Å². The van der Waals surface area contributed by atoms with Crippen molar-refractivity contribution >= 4 is 17.3 Å². The van der Waals surface area contributed by atoms with Gasteiger partial charge in [-0.25, -0.2) is 0 Å². The van der Waals surface area contributed by atoms with Crippen molar-refractivity contribution in [2.24, 2.45) is 5.84 Å². The van der Waals surface area contributed by atoms with Gasteiger partial charge in [-0.15, -0.1) is 0 Å². The van der Waals surface area contributed by atoms with Crippen molar-refractivity contribution in [3.05, 3.63) is 30.3 Å². The summed E-state index contributed by atoms with van der Waals surface area (Å²) in [6, 6.07) is 9.60. The highest BCUT2D eigenvalue weighted by Crippen LogP contribution is 2.00. The predicted molar refractivity (Wildman–Crippen MR) is 43.2 cm³/mol. The molecule has 0 heterocycles. The minimum atomic E-state index is -0.750. The van der Waals surface area contributed by atoms with Gasteiger partial charge in [0.25, 0.3) is 0 Å². The monoisotopic (exact) mass is 172 g/mol. The highest BCUT2D eigenvalue weighted by molar-refractivity contribution is 7.51. The zero-order valence-corrected chi connectivity index (χ0v) is 6.51. The van der Waals surface area contributed by atoms with Crippen molar-refractivity contribution in [1.29, 1.82) is 0 Å². The molecule has 0 amide bonds. The third-order valence-corrected chi connectivity index (χ3v) is 0.940. The highest BCUT2D eigenvalue weighted by Gasteiger charge is 1.78. The van der Waals surface area contributed by atoms with E-state index in [2.05, 4.69) is 5.43 Å². The van der Waals surface area contributed by atoms with Gasteiger partial charge >= 0.3 is 11.6 Å². The van der Waals surface area contributed by atoms with E-state index in [1.165, 1.54) is 0 Å². The fourth-order valence-corrected chi connectivity index (χ4v) is 0.534. The van der Waals surface area contributed by atoms with Crippen LogP contribution in [0, 0.1) is 0 Å². The second kappa shape index (κ2) is 6.91. The Morgan fingerprint density at radius 1 is 1.18 bits per heavy atom. The van der Waals surface area contributed by atoms with E-state index in [9.17, 15) is 0 Å². The molecule has 0 spiro atoms. The summed E-state index contributed by atoms with van der Waals surface area (Å²) in [5.41, 5.74) is 3.46. The smallest absolute Gasteiger partial charge is 0.324 e. The first-order valence-corrected chi connectivity index (χ1v) is 3.45. The lowest BCUT2D eigenvalue weighted by Crippen LogP contribution is -2.05. The molecule has 0 saturated heterocycles. The highest BCUT2D eigenvalue weighted by atomic mass is 32.1. The Morgan fingerprint density at radius 2 is 1.64 bits per heavy atom. The summed E-state index contributed by atoms with van der Waals surface area (Å²) in [6.45, 7) is 0. The van der Waals surface area contributed by atoms with Crippen LogP contribution in [0.3, 0.4) is 0 Å². The molecule has 0 saturated carbocycles. The molecule has 0 radical (unpaired) electrons. The first-order valence-electron chi connectivity index (χ1n) is 2.78. The molecule has 0 fully saturated rings. The van der Waals surface area contributed by atoms with Gasteiger partial charge in [0.05, 0.1) is 0 Å². The first kappa shape index (κ1) is 9.80. The lowest BCUT2D eigenvalue weighted by atomic mass is 10.3. The standard InChI is InChI=1S/C6H8N2.O2S/c7-8-6-4-2-1-3-5-6;1-3-2/h1-5,8H,7H2;. The fourth-order valence-electron chi connectivity index (χ4n) is 0.534. The molecule has 5 heteroatoms. The molecule has 0 unspecified atom stereocenters. The van der Waals surface area contributed by atoms with E-state index in [0.29, 0.717) is 0 Å². The van der Waals surface area contributed by atoms with Crippen LogP contribution in [-0.4, -0.2) is 8.42 Å². The fraction of sp³-hybridized carbons (Fsp3) is 0. The van der Waals surface area contributed by atoms with Gasteiger partial charge in [0.15, 0.2) is 0 Å². The Labute approximate surface area is 68.0 Å². The average molecular weight is 172 g/mol. The van der Waals surface area contributed by atoms with Crippen LogP contribution < -0.4 is 11.3 Å². The maximum absolute atomic E-state index is 8.29. The number of nitrogens with two attached hydrogens (primary N) is 1. The average Bonchev–Trinajstić information content (AvgIpc) is 2.08. The molecule has 1 aromatic carbocycles. The number of rotatable bonds is 1. The van der Waals surface area contributed by atoms with Crippen molar-refractivity contribution in [3.8, 4) is 0 Å². The normalized spacial score (nSPS) is 7.36. The Balaban J connectivity index is 0.000000292. The van der Waals surface area contributed by atoms with Crippen LogP contribution in [0.25, 0.3) is 0 Å². The molecular weight excluding hydrogens is 164 g/mol. The number of nitrogens with one attached hydrogen (secondary N) is 1. The van der Waals surface area contributed by atoms with Crippen LogP contribution in [0.15, 0.2) is 30.3 Å². The Bertz CT molecular complexity index is 221. The number of hydrazine groups is 1. The van der Waals surface area contributed by atoms with Crippen molar-refractivity contribution in [1.82, 2.24) is 0 Å². The van der Waals surface area contributed by atoms with E-state index < -0.39 is 11.6 Å². The molecule has 0 bridgehead atoms.